The maximum Gasteiger partial charge on any atom is 0.273 e. The third-order valence-electron chi connectivity index (χ3n) is 7.26. The summed E-state index contributed by atoms with van der Waals surface area (Å²) >= 11 is 0. The van der Waals surface area contributed by atoms with Crippen LogP contribution in [-0.4, -0.2) is 54.1 Å². The van der Waals surface area contributed by atoms with E-state index in [4.69, 9.17) is 4.52 Å². The topological polar surface area (TPSA) is 87.5 Å². The second-order valence-corrected chi connectivity index (χ2v) is 9.62. The number of amides is 2. The maximum atomic E-state index is 13.7. The van der Waals surface area contributed by atoms with Crippen molar-refractivity contribution in [3.8, 4) is 0 Å². The number of carbonyl (C=O) groups is 2. The van der Waals surface area contributed by atoms with E-state index in [-0.39, 0.29) is 23.3 Å². The number of piperidine rings is 2. The molecule has 2 aliphatic heterocycles. The first-order valence-electron chi connectivity index (χ1n) is 11.9. The summed E-state index contributed by atoms with van der Waals surface area (Å²) in [4.78, 5) is 28.3. The summed E-state index contributed by atoms with van der Waals surface area (Å²) in [5.41, 5.74) is 1.26. The molecule has 2 N–H and O–H groups in total. The number of rotatable bonds is 6. The Morgan fingerprint density at radius 1 is 1.09 bits per heavy atom. The van der Waals surface area contributed by atoms with E-state index in [1.165, 1.54) is 5.56 Å². The third-order valence-corrected chi connectivity index (χ3v) is 7.26. The van der Waals surface area contributed by atoms with Crippen LogP contribution in [0.3, 0.4) is 0 Å². The van der Waals surface area contributed by atoms with E-state index >= 15 is 0 Å². The summed E-state index contributed by atoms with van der Waals surface area (Å²) in [5.74, 6) is 1.36. The predicted octanol–water partition coefficient (Wildman–Crippen LogP) is 2.89. The van der Waals surface area contributed by atoms with Gasteiger partial charge in [0.05, 0.1) is 5.41 Å². The lowest BCUT2D eigenvalue weighted by molar-refractivity contribution is -0.145. The van der Waals surface area contributed by atoms with Crippen molar-refractivity contribution in [1.82, 2.24) is 20.7 Å². The van der Waals surface area contributed by atoms with Gasteiger partial charge in [0.2, 0.25) is 5.91 Å². The molecule has 0 bridgehead atoms. The smallest absolute Gasteiger partial charge is 0.273 e. The molecule has 0 unspecified atom stereocenters. The molecule has 0 radical (unpaired) electrons. The minimum atomic E-state index is -0.331. The van der Waals surface area contributed by atoms with Crippen molar-refractivity contribution in [2.75, 3.05) is 26.2 Å². The molecule has 3 heterocycles. The molecule has 3 fully saturated rings. The fourth-order valence-corrected chi connectivity index (χ4v) is 5.14. The molecule has 2 amide bonds. The number of aromatic nitrogens is 1. The van der Waals surface area contributed by atoms with Crippen molar-refractivity contribution in [3.63, 3.8) is 0 Å². The number of hydrogen-bond acceptors (Lipinski definition) is 5. The van der Waals surface area contributed by atoms with Crippen LogP contribution in [0.15, 0.2) is 40.9 Å². The van der Waals surface area contributed by atoms with Crippen LogP contribution in [0.2, 0.25) is 0 Å². The Morgan fingerprint density at radius 2 is 1.81 bits per heavy atom. The van der Waals surface area contributed by atoms with E-state index in [2.05, 4.69) is 27.9 Å². The second-order valence-electron chi connectivity index (χ2n) is 9.62. The van der Waals surface area contributed by atoms with Crippen LogP contribution in [0.5, 0.6) is 0 Å². The molecule has 170 valence electrons. The molecule has 2 aromatic rings. The Hall–Kier alpha value is -2.67. The van der Waals surface area contributed by atoms with Gasteiger partial charge in [0.25, 0.3) is 5.91 Å². The monoisotopic (exact) mass is 436 g/mol. The van der Waals surface area contributed by atoms with Crippen LogP contribution in [0, 0.1) is 5.41 Å². The Balaban J connectivity index is 1.18. The second kappa shape index (κ2) is 9.06. The van der Waals surface area contributed by atoms with E-state index < -0.39 is 0 Å². The Kier molecular flexibility index (Phi) is 6.00. The molecule has 32 heavy (non-hydrogen) atoms. The predicted molar refractivity (Wildman–Crippen MR) is 120 cm³/mol. The van der Waals surface area contributed by atoms with E-state index in [1.807, 2.05) is 23.1 Å². The van der Waals surface area contributed by atoms with E-state index in [1.54, 1.807) is 6.07 Å². The number of carbonyl (C=O) groups excluding carboxylic acids is 2. The number of nitrogens with one attached hydrogen (secondary N) is 2. The van der Waals surface area contributed by atoms with Gasteiger partial charge >= 0.3 is 0 Å². The zero-order valence-electron chi connectivity index (χ0n) is 18.5. The van der Waals surface area contributed by atoms with Gasteiger partial charge in [-0.15, -0.1) is 0 Å². The van der Waals surface area contributed by atoms with Gasteiger partial charge in [-0.3, -0.25) is 9.59 Å². The average molecular weight is 437 g/mol. The van der Waals surface area contributed by atoms with E-state index in [0.29, 0.717) is 24.7 Å². The van der Waals surface area contributed by atoms with Crippen LogP contribution in [0.1, 0.15) is 66.3 Å². The molecule has 1 aromatic heterocycles. The molecule has 3 aliphatic rings. The fraction of sp³-hybridized carbons (Fsp3) is 0.560. The highest BCUT2D eigenvalue weighted by molar-refractivity contribution is 5.92. The zero-order chi connectivity index (χ0) is 22.0. The van der Waals surface area contributed by atoms with E-state index in [9.17, 15) is 9.59 Å². The zero-order valence-corrected chi connectivity index (χ0v) is 18.5. The molecule has 7 heteroatoms. The van der Waals surface area contributed by atoms with Crippen LogP contribution >= 0.6 is 0 Å². The highest BCUT2D eigenvalue weighted by atomic mass is 16.5. The van der Waals surface area contributed by atoms with Gasteiger partial charge in [0, 0.05) is 31.1 Å². The molecule has 5 rings (SSSR count). The molecule has 2 saturated heterocycles. The number of hydrogen-bond donors (Lipinski definition) is 2. The standard InChI is InChI=1S/C25H32N4O3/c30-23(21-16-22(32-28-21)19-6-7-19)27-20-8-14-29(15-9-20)24(31)25(10-12-26-13-11-25)17-18-4-2-1-3-5-18/h1-5,16,19-20,26H,6-15,17H2,(H,27,30). The summed E-state index contributed by atoms with van der Waals surface area (Å²) < 4.78 is 5.31. The van der Waals surface area contributed by atoms with Crippen molar-refractivity contribution in [1.29, 1.82) is 0 Å². The third kappa shape index (κ3) is 4.58. The summed E-state index contributed by atoms with van der Waals surface area (Å²) in [6.45, 7) is 3.12. The van der Waals surface area contributed by atoms with Crippen LogP contribution in [-0.2, 0) is 11.2 Å². The van der Waals surface area contributed by atoms with Crippen molar-refractivity contribution >= 4 is 11.8 Å². The van der Waals surface area contributed by atoms with Crippen molar-refractivity contribution < 1.29 is 14.1 Å². The molecule has 0 atom stereocenters. The first-order chi connectivity index (χ1) is 15.6. The largest absolute Gasteiger partial charge is 0.360 e. The van der Waals surface area contributed by atoms with Crippen LogP contribution < -0.4 is 10.6 Å². The highest BCUT2D eigenvalue weighted by Crippen LogP contribution is 2.40. The molecular weight excluding hydrogens is 404 g/mol. The SMILES string of the molecule is O=C(NC1CCN(C(=O)C2(Cc3ccccc3)CCNCC2)CC1)c1cc(C2CC2)on1. The van der Waals surface area contributed by atoms with Crippen molar-refractivity contribution in [2.24, 2.45) is 5.41 Å². The fourth-order valence-electron chi connectivity index (χ4n) is 5.14. The van der Waals surface area contributed by atoms with E-state index in [0.717, 1.165) is 63.8 Å². The molecule has 1 aromatic carbocycles. The highest BCUT2D eigenvalue weighted by Gasteiger charge is 2.43. The van der Waals surface area contributed by atoms with Gasteiger partial charge in [-0.2, -0.15) is 0 Å². The molecule has 0 spiro atoms. The lowest BCUT2D eigenvalue weighted by Gasteiger charge is -2.42. The average Bonchev–Trinajstić information content (AvgIpc) is 3.56. The Morgan fingerprint density at radius 3 is 2.50 bits per heavy atom. The lowest BCUT2D eigenvalue weighted by atomic mass is 9.72. The first kappa shape index (κ1) is 21.2. The summed E-state index contributed by atoms with van der Waals surface area (Å²) in [6, 6.07) is 12.2. The maximum absolute atomic E-state index is 13.7. The molecular formula is C25H32N4O3. The van der Waals surface area contributed by atoms with Gasteiger partial charge in [-0.25, -0.2) is 0 Å². The van der Waals surface area contributed by atoms with Gasteiger partial charge in [0.15, 0.2) is 5.69 Å². The number of likely N-dealkylation sites (tertiary alicyclic amines) is 1. The minimum absolute atomic E-state index is 0.0609. The molecule has 7 nitrogen and oxygen atoms in total. The quantitative estimate of drug-likeness (QED) is 0.727. The van der Waals surface area contributed by atoms with Crippen molar-refractivity contribution in [2.45, 2.75) is 56.9 Å². The molecule has 1 saturated carbocycles. The molecule has 1 aliphatic carbocycles. The lowest BCUT2D eigenvalue weighted by Crippen LogP contribution is -2.54. The Bertz CT molecular complexity index is 939. The van der Waals surface area contributed by atoms with Gasteiger partial charge in [0.1, 0.15) is 5.76 Å². The summed E-state index contributed by atoms with van der Waals surface area (Å²) in [5, 5.41) is 10.4. The first-order valence-corrected chi connectivity index (χ1v) is 11.9. The van der Waals surface area contributed by atoms with Crippen LogP contribution in [0.4, 0.5) is 0 Å². The van der Waals surface area contributed by atoms with Crippen molar-refractivity contribution in [3.05, 3.63) is 53.4 Å². The van der Waals surface area contributed by atoms with Gasteiger partial charge in [-0.1, -0.05) is 35.5 Å². The van der Waals surface area contributed by atoms with Crippen LogP contribution in [0.25, 0.3) is 0 Å². The summed E-state index contributed by atoms with van der Waals surface area (Å²) in [6.07, 6.45) is 6.30. The minimum Gasteiger partial charge on any atom is -0.360 e. The summed E-state index contributed by atoms with van der Waals surface area (Å²) in [7, 11) is 0. The number of benzene rings is 1. The van der Waals surface area contributed by atoms with Gasteiger partial charge in [-0.05, 0) is 63.6 Å². The number of nitrogens with zero attached hydrogens (tertiary/aromatic N) is 2. The normalized spacial score (nSPS) is 21.3. The van der Waals surface area contributed by atoms with Gasteiger partial charge < -0.3 is 20.1 Å². The Labute approximate surface area is 188 Å².